The van der Waals surface area contributed by atoms with Crippen LogP contribution < -0.4 is 5.32 Å². The Bertz CT molecular complexity index is 833. The van der Waals surface area contributed by atoms with Crippen molar-refractivity contribution in [3.05, 3.63) is 53.4 Å². The van der Waals surface area contributed by atoms with E-state index in [1.54, 1.807) is 0 Å². The van der Waals surface area contributed by atoms with E-state index in [-0.39, 0.29) is 19.1 Å². The van der Waals surface area contributed by atoms with Crippen molar-refractivity contribution in [1.29, 1.82) is 0 Å². The maximum atomic E-state index is 11.8. The fourth-order valence-corrected chi connectivity index (χ4v) is 2.62. The summed E-state index contributed by atoms with van der Waals surface area (Å²) in [6, 6.07) is 13.2. The van der Waals surface area contributed by atoms with Gasteiger partial charge in [0.25, 0.3) is 5.91 Å². The van der Waals surface area contributed by atoms with Gasteiger partial charge in [0.05, 0.1) is 4.88 Å². The van der Waals surface area contributed by atoms with Gasteiger partial charge in [-0.1, -0.05) is 36.4 Å². The van der Waals surface area contributed by atoms with Crippen molar-refractivity contribution in [2.45, 2.75) is 13.1 Å². The Morgan fingerprint density at radius 1 is 1.16 bits per heavy atom. The van der Waals surface area contributed by atoms with E-state index in [4.69, 9.17) is 4.74 Å². The quantitative estimate of drug-likeness (QED) is 0.639. The van der Waals surface area contributed by atoms with Crippen LogP contribution in [0.5, 0.6) is 0 Å². The third-order valence-corrected chi connectivity index (χ3v) is 4.03. The zero-order valence-corrected chi connectivity index (χ0v) is 14.0. The Morgan fingerprint density at radius 2 is 2.00 bits per heavy atom. The van der Waals surface area contributed by atoms with Crippen LogP contribution in [0.1, 0.15) is 5.56 Å². The zero-order chi connectivity index (χ0) is 17.5. The SMILES string of the molecule is O=C(COC(=O)Cn1nnc(-c2cccs2)n1)NCc1ccccc1. The number of tetrazole rings is 1. The van der Waals surface area contributed by atoms with Crippen LogP contribution in [0.25, 0.3) is 10.7 Å². The number of nitrogens with zero attached hydrogens (tertiary/aromatic N) is 4. The molecular formula is C16H15N5O3S. The van der Waals surface area contributed by atoms with Crippen molar-refractivity contribution in [3.63, 3.8) is 0 Å². The Labute approximate surface area is 147 Å². The summed E-state index contributed by atoms with van der Waals surface area (Å²) < 4.78 is 4.92. The molecule has 2 aromatic heterocycles. The highest BCUT2D eigenvalue weighted by Gasteiger charge is 2.12. The number of rotatable bonds is 7. The molecule has 0 fully saturated rings. The number of amides is 1. The molecule has 0 atom stereocenters. The molecule has 8 nitrogen and oxygen atoms in total. The standard InChI is InChI=1S/C16H15N5O3S/c22-14(17-9-12-5-2-1-3-6-12)11-24-15(23)10-21-19-16(18-20-21)13-7-4-8-25-13/h1-8H,9-11H2,(H,17,22). The van der Waals surface area contributed by atoms with Gasteiger partial charge >= 0.3 is 5.97 Å². The number of nitrogens with one attached hydrogen (secondary N) is 1. The molecule has 9 heteroatoms. The number of esters is 1. The Hall–Kier alpha value is -3.07. The van der Waals surface area contributed by atoms with Gasteiger partial charge in [-0.05, 0) is 22.2 Å². The second kappa shape index (κ2) is 8.15. The van der Waals surface area contributed by atoms with Gasteiger partial charge in [-0.25, -0.2) is 4.79 Å². The van der Waals surface area contributed by atoms with Crippen molar-refractivity contribution in [2.75, 3.05) is 6.61 Å². The second-order valence-electron chi connectivity index (χ2n) is 5.04. The van der Waals surface area contributed by atoms with Crippen LogP contribution in [0.2, 0.25) is 0 Å². The second-order valence-corrected chi connectivity index (χ2v) is 5.99. The van der Waals surface area contributed by atoms with Crippen LogP contribution in [0.3, 0.4) is 0 Å². The van der Waals surface area contributed by atoms with Crippen molar-refractivity contribution in [1.82, 2.24) is 25.5 Å². The fraction of sp³-hybridized carbons (Fsp3) is 0.188. The van der Waals surface area contributed by atoms with Gasteiger partial charge in [-0.3, -0.25) is 4.79 Å². The molecule has 1 N–H and O–H groups in total. The molecule has 0 radical (unpaired) electrons. The summed E-state index contributed by atoms with van der Waals surface area (Å²) in [4.78, 5) is 25.5. The molecule has 0 saturated carbocycles. The van der Waals surface area contributed by atoms with Crippen LogP contribution >= 0.6 is 11.3 Å². The number of carbonyl (C=O) groups excluding carboxylic acids is 2. The molecule has 25 heavy (non-hydrogen) atoms. The monoisotopic (exact) mass is 357 g/mol. The van der Waals surface area contributed by atoms with Gasteiger partial charge in [0, 0.05) is 6.54 Å². The van der Waals surface area contributed by atoms with Crippen LogP contribution in [0, 0.1) is 0 Å². The van der Waals surface area contributed by atoms with Crippen LogP contribution in [0.4, 0.5) is 0 Å². The first kappa shape index (κ1) is 16.8. The smallest absolute Gasteiger partial charge is 0.330 e. The van der Waals surface area contributed by atoms with Gasteiger partial charge in [-0.2, -0.15) is 4.80 Å². The van der Waals surface area contributed by atoms with E-state index in [1.807, 2.05) is 47.8 Å². The first-order valence-electron chi connectivity index (χ1n) is 7.48. The third kappa shape index (κ3) is 4.95. The molecule has 1 aromatic carbocycles. The number of benzene rings is 1. The van der Waals surface area contributed by atoms with E-state index in [0.29, 0.717) is 12.4 Å². The molecule has 0 spiro atoms. The van der Waals surface area contributed by atoms with Gasteiger partial charge in [0.1, 0.15) is 0 Å². The summed E-state index contributed by atoms with van der Waals surface area (Å²) in [5, 5.41) is 16.3. The Kier molecular flexibility index (Phi) is 5.47. The first-order valence-corrected chi connectivity index (χ1v) is 8.36. The Balaban J connectivity index is 1.41. The summed E-state index contributed by atoms with van der Waals surface area (Å²) in [6.07, 6.45) is 0. The highest BCUT2D eigenvalue weighted by Crippen LogP contribution is 2.19. The van der Waals surface area contributed by atoms with E-state index in [1.165, 1.54) is 11.3 Å². The first-order chi connectivity index (χ1) is 12.2. The van der Waals surface area contributed by atoms with Gasteiger partial charge in [0.15, 0.2) is 13.2 Å². The molecule has 0 aliphatic heterocycles. The molecule has 1 amide bonds. The van der Waals surface area contributed by atoms with E-state index in [2.05, 4.69) is 20.7 Å². The molecule has 0 saturated heterocycles. The number of thiophene rings is 1. The van der Waals surface area contributed by atoms with Gasteiger partial charge in [-0.15, -0.1) is 21.5 Å². The van der Waals surface area contributed by atoms with Crippen molar-refractivity contribution in [3.8, 4) is 10.7 Å². The summed E-state index contributed by atoms with van der Waals surface area (Å²) >= 11 is 1.48. The molecular weight excluding hydrogens is 342 g/mol. The van der Waals surface area contributed by atoms with Crippen molar-refractivity contribution < 1.29 is 14.3 Å². The highest BCUT2D eigenvalue weighted by molar-refractivity contribution is 7.13. The molecule has 3 aromatic rings. The zero-order valence-electron chi connectivity index (χ0n) is 13.2. The third-order valence-electron chi connectivity index (χ3n) is 3.16. The summed E-state index contributed by atoms with van der Waals surface area (Å²) in [5.41, 5.74) is 0.968. The van der Waals surface area contributed by atoms with Crippen LogP contribution in [0.15, 0.2) is 47.8 Å². The minimum atomic E-state index is -0.606. The van der Waals surface area contributed by atoms with Crippen LogP contribution in [-0.4, -0.2) is 38.7 Å². The molecule has 0 aliphatic rings. The molecule has 128 valence electrons. The summed E-state index contributed by atoms with van der Waals surface area (Å²) in [6.45, 7) is -0.172. The lowest BCUT2D eigenvalue weighted by molar-refractivity contribution is -0.149. The number of ether oxygens (including phenoxy) is 1. The maximum absolute atomic E-state index is 11.8. The summed E-state index contributed by atoms with van der Waals surface area (Å²) in [5.74, 6) is -0.531. The molecule has 0 bridgehead atoms. The average molecular weight is 357 g/mol. The predicted octanol–water partition coefficient (Wildman–Crippen LogP) is 1.26. The van der Waals surface area contributed by atoms with E-state index < -0.39 is 5.97 Å². The lowest BCUT2D eigenvalue weighted by Gasteiger charge is -2.06. The fourth-order valence-electron chi connectivity index (χ4n) is 1.97. The van der Waals surface area contributed by atoms with Crippen molar-refractivity contribution in [2.24, 2.45) is 0 Å². The average Bonchev–Trinajstić information content (AvgIpc) is 3.30. The number of carbonyl (C=O) groups is 2. The molecule has 0 aliphatic carbocycles. The van der Waals surface area contributed by atoms with E-state index in [0.717, 1.165) is 15.2 Å². The topological polar surface area (TPSA) is 99.0 Å². The van der Waals surface area contributed by atoms with Crippen LogP contribution in [-0.2, 0) is 27.4 Å². The molecule has 3 rings (SSSR count). The lowest BCUT2D eigenvalue weighted by atomic mass is 10.2. The number of aromatic nitrogens is 4. The minimum absolute atomic E-state index is 0.204. The Morgan fingerprint density at radius 3 is 2.76 bits per heavy atom. The maximum Gasteiger partial charge on any atom is 0.330 e. The van der Waals surface area contributed by atoms with E-state index >= 15 is 0 Å². The largest absolute Gasteiger partial charge is 0.454 e. The molecule has 2 heterocycles. The number of hydrogen-bond donors (Lipinski definition) is 1. The minimum Gasteiger partial charge on any atom is -0.454 e. The highest BCUT2D eigenvalue weighted by atomic mass is 32.1. The normalized spacial score (nSPS) is 10.4. The van der Waals surface area contributed by atoms with Crippen molar-refractivity contribution >= 4 is 23.2 Å². The lowest BCUT2D eigenvalue weighted by Crippen LogP contribution is -2.29. The van der Waals surface area contributed by atoms with Gasteiger partial charge in [0.2, 0.25) is 5.82 Å². The van der Waals surface area contributed by atoms with E-state index in [9.17, 15) is 9.59 Å². The predicted molar refractivity (Wildman–Crippen MR) is 90.4 cm³/mol. The number of hydrogen-bond acceptors (Lipinski definition) is 7. The molecule has 0 unspecified atom stereocenters. The van der Waals surface area contributed by atoms with Gasteiger partial charge < -0.3 is 10.1 Å². The summed E-state index contributed by atoms with van der Waals surface area (Å²) in [7, 11) is 0.